The van der Waals surface area contributed by atoms with Gasteiger partial charge in [0.15, 0.2) is 0 Å². The molecule has 0 fully saturated rings. The molecule has 0 bridgehead atoms. The SMILES string of the molecule is CC(COc1cc(Nc2ncc3cc(C#C[Si](C)(C)C)ccc3n2)cc(-c2cnn(C)c2)c1)OC(=O)NC(C)(C)C. The number of aryl methyl sites for hydroxylation is 1. The molecule has 0 saturated heterocycles. The predicted molar refractivity (Wildman–Crippen MR) is 166 cm³/mol. The van der Waals surface area contributed by atoms with Gasteiger partial charge in [0.25, 0.3) is 0 Å². The van der Waals surface area contributed by atoms with Gasteiger partial charge in [0, 0.05) is 53.2 Å². The molecule has 4 rings (SSSR count). The summed E-state index contributed by atoms with van der Waals surface area (Å²) in [5, 5.41) is 11.3. The molecule has 2 N–H and O–H groups in total. The number of aromatic nitrogens is 4. The predicted octanol–water partition coefficient (Wildman–Crippen LogP) is 6.29. The summed E-state index contributed by atoms with van der Waals surface area (Å²) in [6.07, 6.45) is 4.58. The third kappa shape index (κ3) is 9.08. The third-order valence-electron chi connectivity index (χ3n) is 5.63. The van der Waals surface area contributed by atoms with E-state index in [9.17, 15) is 4.79 Å². The number of carbonyl (C=O) groups is 1. The summed E-state index contributed by atoms with van der Waals surface area (Å²) in [6.45, 7) is 14.3. The number of carbonyl (C=O) groups excluding carboxylic acids is 1. The standard InChI is InChI=1S/C31H38N6O3Si/c1-21(40-30(38)36-31(2,3)4)20-39-27-15-23(25-18-33-37(5)19-25)14-26(16-27)34-29-32-17-24-13-22(9-10-28(24)35-29)11-12-41(6,7)8/h9-10,13-19,21H,20H2,1-8H3,(H,36,38)(H,32,34,35). The molecule has 0 radical (unpaired) electrons. The minimum absolute atomic E-state index is 0.183. The largest absolute Gasteiger partial charge is 0.490 e. The van der Waals surface area contributed by atoms with Crippen LogP contribution in [-0.2, 0) is 11.8 Å². The fourth-order valence-electron chi connectivity index (χ4n) is 3.82. The van der Waals surface area contributed by atoms with E-state index in [4.69, 9.17) is 14.5 Å². The first-order valence-electron chi connectivity index (χ1n) is 13.6. The number of alkyl carbamates (subject to hydrolysis) is 1. The molecule has 0 saturated carbocycles. The van der Waals surface area contributed by atoms with E-state index in [0.717, 1.165) is 33.3 Å². The van der Waals surface area contributed by atoms with E-state index >= 15 is 0 Å². The summed E-state index contributed by atoms with van der Waals surface area (Å²) in [7, 11) is 0.407. The molecule has 0 aliphatic carbocycles. The fourth-order valence-corrected chi connectivity index (χ4v) is 4.34. The molecule has 2 aromatic heterocycles. The zero-order chi connectivity index (χ0) is 29.8. The number of anilines is 2. The molecule has 4 aromatic rings. The van der Waals surface area contributed by atoms with Gasteiger partial charge >= 0.3 is 6.09 Å². The molecule has 0 aliphatic rings. The Morgan fingerprint density at radius 3 is 2.56 bits per heavy atom. The quantitative estimate of drug-likeness (QED) is 0.199. The highest BCUT2D eigenvalue weighted by atomic mass is 28.3. The Kier molecular flexibility index (Phi) is 8.68. The summed E-state index contributed by atoms with van der Waals surface area (Å²) >= 11 is 0. The molecule has 1 atom stereocenters. The number of nitrogens with zero attached hydrogens (tertiary/aromatic N) is 4. The Labute approximate surface area is 242 Å². The van der Waals surface area contributed by atoms with E-state index < -0.39 is 20.3 Å². The van der Waals surface area contributed by atoms with E-state index in [-0.39, 0.29) is 12.1 Å². The Balaban J connectivity index is 1.54. The Morgan fingerprint density at radius 2 is 1.88 bits per heavy atom. The molecule has 1 amide bonds. The van der Waals surface area contributed by atoms with Gasteiger partial charge in [0.05, 0.1) is 11.7 Å². The molecule has 9 nitrogen and oxygen atoms in total. The fraction of sp³-hybridized carbons (Fsp3) is 0.355. The highest BCUT2D eigenvalue weighted by Gasteiger charge is 2.18. The van der Waals surface area contributed by atoms with Gasteiger partial charge in [-0.25, -0.2) is 14.8 Å². The van der Waals surface area contributed by atoms with Gasteiger partial charge in [0.1, 0.15) is 26.5 Å². The Morgan fingerprint density at radius 1 is 1.10 bits per heavy atom. The molecule has 1 unspecified atom stereocenters. The van der Waals surface area contributed by atoms with E-state index in [0.29, 0.717) is 11.7 Å². The monoisotopic (exact) mass is 570 g/mol. The lowest BCUT2D eigenvalue weighted by Gasteiger charge is -2.22. The first-order chi connectivity index (χ1) is 19.2. The van der Waals surface area contributed by atoms with Crippen molar-refractivity contribution in [1.29, 1.82) is 0 Å². The number of rotatable bonds is 7. The molecular weight excluding hydrogens is 532 g/mol. The van der Waals surface area contributed by atoms with Crippen molar-refractivity contribution in [2.24, 2.45) is 7.05 Å². The summed E-state index contributed by atoms with van der Waals surface area (Å²) in [5.41, 5.74) is 7.38. The van der Waals surface area contributed by atoms with Crippen LogP contribution in [0.2, 0.25) is 19.6 Å². The van der Waals surface area contributed by atoms with Crippen LogP contribution in [0.5, 0.6) is 5.75 Å². The highest BCUT2D eigenvalue weighted by molar-refractivity contribution is 6.83. The van der Waals surface area contributed by atoms with E-state index in [1.807, 2.05) is 70.4 Å². The summed E-state index contributed by atoms with van der Waals surface area (Å²) in [4.78, 5) is 21.4. The number of fused-ring (bicyclic) bond motifs is 1. The first kappa shape index (κ1) is 29.6. The van der Waals surface area contributed by atoms with Crippen molar-refractivity contribution in [2.45, 2.75) is 59.0 Å². The van der Waals surface area contributed by atoms with Crippen LogP contribution in [0.15, 0.2) is 55.0 Å². The van der Waals surface area contributed by atoms with Crippen molar-refractivity contribution in [3.63, 3.8) is 0 Å². The first-order valence-corrected chi connectivity index (χ1v) is 17.1. The van der Waals surface area contributed by atoms with Gasteiger partial charge in [-0.3, -0.25) is 4.68 Å². The second-order valence-electron chi connectivity index (χ2n) is 12.1. The molecule has 2 heterocycles. The van der Waals surface area contributed by atoms with Gasteiger partial charge < -0.3 is 20.1 Å². The molecule has 0 aliphatic heterocycles. The van der Waals surface area contributed by atoms with E-state index in [1.165, 1.54) is 0 Å². The van der Waals surface area contributed by atoms with Crippen LogP contribution in [0.1, 0.15) is 33.3 Å². The lowest BCUT2D eigenvalue weighted by Crippen LogP contribution is -2.42. The molecule has 41 heavy (non-hydrogen) atoms. The maximum absolute atomic E-state index is 12.1. The zero-order valence-electron chi connectivity index (χ0n) is 25.0. The second kappa shape index (κ2) is 12.0. The van der Waals surface area contributed by atoms with Gasteiger partial charge in [-0.15, -0.1) is 5.54 Å². The normalized spacial score (nSPS) is 12.3. The molecule has 10 heteroatoms. The van der Waals surface area contributed by atoms with Crippen LogP contribution in [0.3, 0.4) is 0 Å². The Hall–Kier alpha value is -4.36. The number of benzene rings is 2. The van der Waals surface area contributed by atoms with E-state index in [1.54, 1.807) is 24.0 Å². The van der Waals surface area contributed by atoms with Crippen molar-refractivity contribution in [2.75, 3.05) is 11.9 Å². The number of ether oxygens (including phenoxy) is 2. The van der Waals surface area contributed by atoms with Crippen LogP contribution >= 0.6 is 0 Å². The van der Waals surface area contributed by atoms with Crippen LogP contribution in [-0.4, -0.2) is 52.2 Å². The topological polar surface area (TPSA) is 103 Å². The molecule has 0 spiro atoms. The van der Waals surface area contributed by atoms with Gasteiger partial charge in [-0.05, 0) is 63.6 Å². The third-order valence-corrected chi connectivity index (χ3v) is 6.51. The lowest BCUT2D eigenvalue weighted by atomic mass is 10.1. The van der Waals surface area contributed by atoms with Crippen LogP contribution in [0.4, 0.5) is 16.4 Å². The van der Waals surface area contributed by atoms with Crippen molar-refractivity contribution < 1.29 is 14.3 Å². The smallest absolute Gasteiger partial charge is 0.407 e. The minimum atomic E-state index is -1.46. The van der Waals surface area contributed by atoms with Gasteiger partial charge in [-0.1, -0.05) is 25.6 Å². The zero-order valence-corrected chi connectivity index (χ0v) is 26.0. The molecular formula is C31H38N6O3Si. The van der Waals surface area contributed by atoms with Crippen LogP contribution in [0.25, 0.3) is 22.0 Å². The van der Waals surface area contributed by atoms with Crippen molar-refractivity contribution >= 4 is 36.7 Å². The van der Waals surface area contributed by atoms with Gasteiger partial charge in [-0.2, -0.15) is 5.10 Å². The summed E-state index contributed by atoms with van der Waals surface area (Å²) in [6, 6.07) is 11.8. The summed E-state index contributed by atoms with van der Waals surface area (Å²) < 4.78 is 13.2. The van der Waals surface area contributed by atoms with Crippen molar-refractivity contribution in [1.82, 2.24) is 25.1 Å². The average Bonchev–Trinajstić information content (AvgIpc) is 3.31. The number of amides is 1. The van der Waals surface area contributed by atoms with Gasteiger partial charge in [0.2, 0.25) is 5.95 Å². The maximum atomic E-state index is 12.1. The van der Waals surface area contributed by atoms with E-state index in [2.05, 4.69) is 51.8 Å². The number of nitrogens with one attached hydrogen (secondary N) is 2. The number of hydrogen-bond acceptors (Lipinski definition) is 7. The lowest BCUT2D eigenvalue weighted by molar-refractivity contribution is 0.0707. The van der Waals surface area contributed by atoms with Crippen LogP contribution in [0, 0.1) is 11.5 Å². The highest BCUT2D eigenvalue weighted by Crippen LogP contribution is 2.30. The average molecular weight is 571 g/mol. The minimum Gasteiger partial charge on any atom is -0.490 e. The Bertz CT molecular complexity index is 1610. The molecule has 2 aromatic carbocycles. The summed E-state index contributed by atoms with van der Waals surface area (Å²) in [5.74, 6) is 4.35. The second-order valence-corrected chi connectivity index (χ2v) is 16.9. The molecule has 214 valence electrons. The van der Waals surface area contributed by atoms with Crippen LogP contribution < -0.4 is 15.4 Å². The maximum Gasteiger partial charge on any atom is 0.407 e. The van der Waals surface area contributed by atoms with Crippen molar-refractivity contribution in [3.05, 3.63) is 60.6 Å². The number of hydrogen-bond donors (Lipinski definition) is 2. The van der Waals surface area contributed by atoms with Crippen molar-refractivity contribution in [3.8, 4) is 28.3 Å².